The van der Waals surface area contributed by atoms with Gasteiger partial charge >= 0.3 is 5.97 Å². The molecule has 0 atom stereocenters. The lowest BCUT2D eigenvalue weighted by molar-refractivity contribution is 0.0527. The summed E-state index contributed by atoms with van der Waals surface area (Å²) in [7, 11) is 0. The largest absolute Gasteiger partial charge is 0.508 e. The first kappa shape index (κ1) is 15.2. The molecule has 1 heterocycles. The highest BCUT2D eigenvalue weighted by Gasteiger charge is 2.22. The number of aromatic hydroxyl groups is 1. The molecule has 0 aliphatic rings. The number of fused-ring (bicyclic) bond motifs is 1. The predicted octanol–water partition coefficient (Wildman–Crippen LogP) is 4.13. The summed E-state index contributed by atoms with van der Waals surface area (Å²) in [4.78, 5) is 12.4. The van der Waals surface area contributed by atoms with Gasteiger partial charge in [0.2, 0.25) is 0 Å². The molecule has 0 unspecified atom stereocenters. The molecule has 23 heavy (non-hydrogen) atoms. The first-order valence-corrected chi connectivity index (χ1v) is 7.61. The average molecular weight is 309 g/mol. The summed E-state index contributed by atoms with van der Waals surface area (Å²) in [6, 6.07) is 13.1. The molecule has 0 fully saturated rings. The predicted molar refractivity (Wildman–Crippen MR) is 90.4 cm³/mol. The number of phenolic OH excluding ortho intramolecular Hbond substituents is 1. The third kappa shape index (κ3) is 2.57. The van der Waals surface area contributed by atoms with Crippen molar-refractivity contribution >= 4 is 16.9 Å². The van der Waals surface area contributed by atoms with Crippen LogP contribution >= 0.6 is 0 Å². The Kier molecular flexibility index (Phi) is 3.82. The van der Waals surface area contributed by atoms with E-state index >= 15 is 0 Å². The molecule has 0 bridgehead atoms. The monoisotopic (exact) mass is 309 g/mol. The number of ether oxygens (including phenoxy) is 1. The minimum absolute atomic E-state index is 0.129. The molecular weight excluding hydrogens is 290 g/mol. The highest BCUT2D eigenvalue weighted by atomic mass is 16.5. The third-order valence-electron chi connectivity index (χ3n) is 3.93. The number of hydrogen-bond donors (Lipinski definition) is 1. The second kappa shape index (κ2) is 5.80. The lowest BCUT2D eigenvalue weighted by atomic mass is 10.1. The van der Waals surface area contributed by atoms with Crippen LogP contribution in [0.4, 0.5) is 0 Å². The Hall–Kier alpha value is -2.75. The van der Waals surface area contributed by atoms with Crippen molar-refractivity contribution < 1.29 is 14.6 Å². The summed E-state index contributed by atoms with van der Waals surface area (Å²) in [5, 5.41) is 10.5. The molecule has 0 saturated heterocycles. The van der Waals surface area contributed by atoms with Crippen molar-refractivity contribution in [2.24, 2.45) is 0 Å². The lowest BCUT2D eigenvalue weighted by Gasteiger charge is -2.09. The fraction of sp³-hybridized carbons (Fsp3) is 0.211. The van der Waals surface area contributed by atoms with Crippen molar-refractivity contribution in [2.75, 3.05) is 6.61 Å². The Bertz CT molecular complexity index is 893. The molecule has 1 N–H and O–H groups in total. The molecule has 0 aliphatic carbocycles. The Labute approximate surface area is 134 Å². The van der Waals surface area contributed by atoms with Crippen LogP contribution in [0, 0.1) is 13.8 Å². The Morgan fingerprint density at radius 3 is 2.65 bits per heavy atom. The molecule has 3 aromatic rings. The summed E-state index contributed by atoms with van der Waals surface area (Å²) >= 11 is 0. The number of aryl methyl sites for hydroxylation is 1. The number of carbonyl (C=O) groups is 1. The van der Waals surface area contributed by atoms with Crippen LogP contribution in [-0.4, -0.2) is 22.2 Å². The van der Waals surface area contributed by atoms with E-state index < -0.39 is 0 Å². The number of aromatic nitrogens is 1. The number of rotatable bonds is 3. The number of esters is 1. The van der Waals surface area contributed by atoms with Gasteiger partial charge < -0.3 is 14.4 Å². The normalized spacial score (nSPS) is 10.9. The van der Waals surface area contributed by atoms with E-state index in [9.17, 15) is 9.90 Å². The number of benzene rings is 2. The van der Waals surface area contributed by atoms with Gasteiger partial charge in [0.15, 0.2) is 0 Å². The molecule has 4 heteroatoms. The number of carbonyl (C=O) groups excluding carboxylic acids is 1. The fourth-order valence-electron chi connectivity index (χ4n) is 2.97. The van der Waals surface area contributed by atoms with Gasteiger partial charge in [0.05, 0.1) is 17.7 Å². The van der Waals surface area contributed by atoms with Crippen LogP contribution in [0.2, 0.25) is 0 Å². The molecule has 0 aliphatic heterocycles. The van der Waals surface area contributed by atoms with Crippen molar-refractivity contribution in [2.45, 2.75) is 20.8 Å². The number of nitrogens with zero attached hydrogens (tertiary/aromatic N) is 1. The van der Waals surface area contributed by atoms with E-state index in [-0.39, 0.29) is 11.7 Å². The van der Waals surface area contributed by atoms with Crippen LogP contribution in [0.3, 0.4) is 0 Å². The van der Waals surface area contributed by atoms with Crippen molar-refractivity contribution in [3.05, 3.63) is 59.3 Å². The minimum Gasteiger partial charge on any atom is -0.508 e. The maximum Gasteiger partial charge on any atom is 0.340 e. The van der Waals surface area contributed by atoms with Gasteiger partial charge in [0.25, 0.3) is 0 Å². The Morgan fingerprint density at radius 2 is 1.96 bits per heavy atom. The molecule has 0 radical (unpaired) electrons. The van der Waals surface area contributed by atoms with E-state index in [4.69, 9.17) is 4.74 Å². The van der Waals surface area contributed by atoms with Crippen LogP contribution in [0.5, 0.6) is 5.75 Å². The van der Waals surface area contributed by atoms with Gasteiger partial charge in [0, 0.05) is 16.8 Å². The fourth-order valence-corrected chi connectivity index (χ4v) is 2.97. The molecule has 118 valence electrons. The standard InChI is InChI=1S/C19H19NO3/c1-4-23-19(22)18-13(3)20(14-7-5-6-12(2)10-14)17-9-8-15(21)11-16(17)18/h5-11,21H,4H2,1-3H3. The van der Waals surface area contributed by atoms with E-state index in [0.29, 0.717) is 17.6 Å². The van der Waals surface area contributed by atoms with Gasteiger partial charge in [-0.1, -0.05) is 12.1 Å². The van der Waals surface area contributed by atoms with E-state index in [1.54, 1.807) is 19.1 Å². The summed E-state index contributed by atoms with van der Waals surface area (Å²) in [5.74, 6) is -0.239. The summed E-state index contributed by atoms with van der Waals surface area (Å²) < 4.78 is 7.22. The van der Waals surface area contributed by atoms with Gasteiger partial charge in [-0.25, -0.2) is 4.79 Å². The van der Waals surface area contributed by atoms with Gasteiger partial charge in [-0.15, -0.1) is 0 Å². The highest BCUT2D eigenvalue weighted by molar-refractivity contribution is 6.07. The minimum atomic E-state index is -0.369. The highest BCUT2D eigenvalue weighted by Crippen LogP contribution is 2.32. The third-order valence-corrected chi connectivity index (χ3v) is 3.93. The maximum absolute atomic E-state index is 12.4. The van der Waals surface area contributed by atoms with Crippen LogP contribution in [-0.2, 0) is 4.74 Å². The molecule has 0 saturated carbocycles. The summed E-state index contributed by atoms with van der Waals surface area (Å²) in [6.07, 6.45) is 0. The van der Waals surface area contributed by atoms with Crippen molar-refractivity contribution in [3.63, 3.8) is 0 Å². The Morgan fingerprint density at radius 1 is 1.17 bits per heavy atom. The van der Waals surface area contributed by atoms with Gasteiger partial charge in [0.1, 0.15) is 5.75 Å². The zero-order valence-electron chi connectivity index (χ0n) is 13.5. The topological polar surface area (TPSA) is 51.5 Å². The van der Waals surface area contributed by atoms with Crippen LogP contribution < -0.4 is 0 Å². The Balaban J connectivity index is 2.34. The smallest absolute Gasteiger partial charge is 0.340 e. The number of phenols is 1. The second-order valence-corrected chi connectivity index (χ2v) is 5.56. The van der Waals surface area contributed by atoms with Crippen LogP contribution in [0.15, 0.2) is 42.5 Å². The van der Waals surface area contributed by atoms with E-state index in [1.165, 1.54) is 0 Å². The lowest BCUT2D eigenvalue weighted by Crippen LogP contribution is -2.07. The van der Waals surface area contributed by atoms with Crippen LogP contribution in [0.25, 0.3) is 16.6 Å². The molecule has 0 amide bonds. The zero-order chi connectivity index (χ0) is 16.6. The van der Waals surface area contributed by atoms with Gasteiger partial charge in [-0.3, -0.25) is 0 Å². The van der Waals surface area contributed by atoms with Crippen molar-refractivity contribution in [3.8, 4) is 11.4 Å². The molecular formula is C19H19NO3. The van der Waals surface area contributed by atoms with Crippen molar-refractivity contribution in [1.29, 1.82) is 0 Å². The quantitative estimate of drug-likeness (QED) is 0.740. The second-order valence-electron chi connectivity index (χ2n) is 5.56. The van der Waals surface area contributed by atoms with E-state index in [2.05, 4.69) is 6.07 Å². The van der Waals surface area contributed by atoms with E-state index in [1.807, 2.05) is 42.7 Å². The first-order valence-electron chi connectivity index (χ1n) is 7.61. The zero-order valence-corrected chi connectivity index (χ0v) is 13.5. The van der Waals surface area contributed by atoms with Gasteiger partial charge in [-0.05, 0) is 56.7 Å². The summed E-state index contributed by atoms with van der Waals surface area (Å²) in [6.45, 7) is 6.02. The first-order chi connectivity index (χ1) is 11.0. The SMILES string of the molecule is CCOC(=O)c1c(C)n(-c2cccc(C)c2)c2ccc(O)cc12. The van der Waals surface area contributed by atoms with E-state index in [0.717, 1.165) is 22.5 Å². The molecule has 2 aromatic carbocycles. The number of hydrogen-bond acceptors (Lipinski definition) is 3. The molecule has 4 nitrogen and oxygen atoms in total. The molecule has 3 rings (SSSR count). The van der Waals surface area contributed by atoms with Gasteiger partial charge in [-0.2, -0.15) is 0 Å². The summed E-state index contributed by atoms with van der Waals surface area (Å²) in [5.41, 5.74) is 4.29. The molecule has 1 aromatic heterocycles. The maximum atomic E-state index is 12.4. The van der Waals surface area contributed by atoms with Crippen LogP contribution in [0.1, 0.15) is 28.5 Å². The average Bonchev–Trinajstić information content (AvgIpc) is 2.78. The van der Waals surface area contributed by atoms with Crippen molar-refractivity contribution in [1.82, 2.24) is 4.57 Å². The molecule has 0 spiro atoms.